The van der Waals surface area contributed by atoms with E-state index in [9.17, 15) is 9.90 Å². The summed E-state index contributed by atoms with van der Waals surface area (Å²) in [5.74, 6) is 0.671. The lowest BCUT2D eigenvalue weighted by atomic mass is 9.73. The average Bonchev–Trinajstić information content (AvgIpc) is 3.44. The van der Waals surface area contributed by atoms with Gasteiger partial charge in [0, 0.05) is 43.7 Å². The molecule has 1 aromatic heterocycles. The minimum Gasteiger partial charge on any atom is -0.506 e. The number of amides is 1. The number of phenols is 1. The van der Waals surface area contributed by atoms with Crippen LogP contribution in [0.4, 0.5) is 0 Å². The molecule has 1 spiro atoms. The van der Waals surface area contributed by atoms with Crippen molar-refractivity contribution >= 4 is 17.5 Å². The number of carbonyl (C=O) groups excluding carboxylic acids is 1. The number of aromatic hydroxyl groups is 1. The Balaban J connectivity index is 1.27. The van der Waals surface area contributed by atoms with Crippen molar-refractivity contribution in [3.05, 3.63) is 46.5 Å². The Labute approximate surface area is 174 Å². The van der Waals surface area contributed by atoms with Gasteiger partial charge in [0.1, 0.15) is 11.4 Å². The molecule has 154 valence electrons. The van der Waals surface area contributed by atoms with E-state index in [1.54, 1.807) is 12.4 Å². The predicted molar refractivity (Wildman–Crippen MR) is 108 cm³/mol. The van der Waals surface area contributed by atoms with Crippen molar-refractivity contribution in [3.8, 4) is 5.75 Å². The van der Waals surface area contributed by atoms with E-state index in [0.29, 0.717) is 35.6 Å². The number of benzene rings is 1. The van der Waals surface area contributed by atoms with Crippen LogP contribution in [-0.2, 0) is 11.3 Å². The number of nitrogens with zero attached hydrogens (tertiary/aromatic N) is 2. The molecule has 3 fully saturated rings. The van der Waals surface area contributed by atoms with Crippen LogP contribution in [-0.4, -0.2) is 57.2 Å². The van der Waals surface area contributed by atoms with Crippen LogP contribution in [0.2, 0.25) is 5.02 Å². The Hall–Kier alpha value is -2.09. The zero-order valence-electron chi connectivity index (χ0n) is 16.3. The van der Waals surface area contributed by atoms with Gasteiger partial charge in [-0.05, 0) is 31.4 Å². The van der Waals surface area contributed by atoms with Gasteiger partial charge in [-0.15, -0.1) is 0 Å². The van der Waals surface area contributed by atoms with E-state index < -0.39 is 0 Å². The number of rotatable bonds is 5. The molecular formula is C21H25ClN4O3. The van der Waals surface area contributed by atoms with E-state index in [1.807, 2.05) is 19.1 Å². The van der Waals surface area contributed by atoms with Crippen molar-refractivity contribution in [2.75, 3.05) is 19.6 Å². The van der Waals surface area contributed by atoms with Gasteiger partial charge in [-0.2, -0.15) is 0 Å². The number of likely N-dealkylation sites (tertiary alicyclic amines) is 1. The normalized spacial score (nSPS) is 30.6. The van der Waals surface area contributed by atoms with E-state index in [0.717, 1.165) is 37.2 Å². The van der Waals surface area contributed by atoms with Gasteiger partial charge < -0.3 is 20.1 Å². The first-order chi connectivity index (χ1) is 14.0. The molecule has 0 unspecified atom stereocenters. The van der Waals surface area contributed by atoms with E-state index in [1.165, 1.54) is 0 Å². The molecule has 4 atom stereocenters. The highest BCUT2D eigenvalue weighted by molar-refractivity contribution is 6.32. The summed E-state index contributed by atoms with van der Waals surface area (Å²) in [5.41, 5.74) is 2.04. The predicted octanol–water partition coefficient (Wildman–Crippen LogP) is 2.49. The molecule has 5 rings (SSSR count). The fourth-order valence-corrected chi connectivity index (χ4v) is 5.68. The van der Waals surface area contributed by atoms with Crippen molar-refractivity contribution in [3.63, 3.8) is 0 Å². The highest BCUT2D eigenvalue weighted by Crippen LogP contribution is 2.55. The molecule has 3 saturated heterocycles. The van der Waals surface area contributed by atoms with Crippen LogP contribution in [0.15, 0.2) is 24.5 Å². The summed E-state index contributed by atoms with van der Waals surface area (Å²) in [6, 6.07) is 5.38. The number of imidazole rings is 1. The topological polar surface area (TPSA) is 90.5 Å². The van der Waals surface area contributed by atoms with E-state index in [4.69, 9.17) is 16.3 Å². The largest absolute Gasteiger partial charge is 0.506 e. The summed E-state index contributed by atoms with van der Waals surface area (Å²) in [5, 5.41) is 13.4. The lowest BCUT2D eigenvalue weighted by Gasteiger charge is -2.29. The van der Waals surface area contributed by atoms with Gasteiger partial charge in [0.15, 0.2) is 0 Å². The number of aryl methyl sites for hydroxylation is 1. The summed E-state index contributed by atoms with van der Waals surface area (Å²) in [4.78, 5) is 21.9. The smallest absolute Gasteiger partial charge is 0.271 e. The van der Waals surface area contributed by atoms with Gasteiger partial charge in [-0.3, -0.25) is 9.69 Å². The number of ether oxygens (including phenoxy) is 1. The summed E-state index contributed by atoms with van der Waals surface area (Å²) < 4.78 is 6.47. The van der Waals surface area contributed by atoms with Gasteiger partial charge in [0.2, 0.25) is 0 Å². The first-order valence-electron chi connectivity index (χ1n) is 10.1. The summed E-state index contributed by atoms with van der Waals surface area (Å²) in [6.45, 7) is 4.90. The lowest BCUT2D eigenvalue weighted by molar-refractivity contribution is 0.00212. The molecule has 2 aromatic rings. The SMILES string of the molecule is Cc1[nH]cnc1C(=O)NC[C@H]1[C@H]2CN(Cc3cccc(O)c3Cl)C[C@]23CC[C@H]1O3. The van der Waals surface area contributed by atoms with Crippen LogP contribution in [0.25, 0.3) is 0 Å². The van der Waals surface area contributed by atoms with Gasteiger partial charge in [-0.25, -0.2) is 4.98 Å². The third-order valence-electron chi connectivity index (χ3n) is 6.85. The van der Waals surface area contributed by atoms with E-state index in [-0.39, 0.29) is 23.4 Å². The molecule has 29 heavy (non-hydrogen) atoms. The summed E-state index contributed by atoms with van der Waals surface area (Å²) >= 11 is 6.28. The van der Waals surface area contributed by atoms with Crippen molar-refractivity contribution in [2.45, 2.75) is 38.0 Å². The quantitative estimate of drug-likeness (QED) is 0.696. The lowest BCUT2D eigenvalue weighted by Crippen LogP contribution is -2.42. The Morgan fingerprint density at radius 1 is 1.52 bits per heavy atom. The minimum absolute atomic E-state index is 0.119. The molecular weight excluding hydrogens is 392 g/mol. The first-order valence-corrected chi connectivity index (χ1v) is 10.5. The maximum absolute atomic E-state index is 12.5. The zero-order valence-corrected chi connectivity index (χ0v) is 17.1. The second-order valence-electron chi connectivity index (χ2n) is 8.54. The number of fused-ring (bicyclic) bond motifs is 1. The van der Waals surface area contributed by atoms with Crippen LogP contribution in [0, 0.1) is 18.8 Å². The maximum atomic E-state index is 12.5. The molecule has 1 aromatic carbocycles. The van der Waals surface area contributed by atoms with Crippen molar-refractivity contribution in [1.82, 2.24) is 20.2 Å². The number of carbonyl (C=O) groups is 1. The van der Waals surface area contributed by atoms with Crippen LogP contribution < -0.4 is 5.32 Å². The number of hydrogen-bond acceptors (Lipinski definition) is 5. The molecule has 0 aliphatic carbocycles. The molecule has 0 radical (unpaired) electrons. The third-order valence-corrected chi connectivity index (χ3v) is 7.29. The maximum Gasteiger partial charge on any atom is 0.271 e. The Bertz CT molecular complexity index is 948. The first kappa shape index (κ1) is 18.9. The average molecular weight is 417 g/mol. The van der Waals surface area contributed by atoms with Crippen LogP contribution in [0.5, 0.6) is 5.75 Å². The zero-order chi connectivity index (χ0) is 20.2. The van der Waals surface area contributed by atoms with Crippen LogP contribution in [0.3, 0.4) is 0 Å². The number of hydrogen-bond donors (Lipinski definition) is 3. The summed E-state index contributed by atoms with van der Waals surface area (Å²) in [7, 11) is 0. The summed E-state index contributed by atoms with van der Waals surface area (Å²) in [6.07, 6.45) is 3.86. The molecule has 2 bridgehead atoms. The molecule has 0 saturated carbocycles. The third kappa shape index (κ3) is 3.12. The second-order valence-corrected chi connectivity index (χ2v) is 8.91. The fraction of sp³-hybridized carbons (Fsp3) is 0.524. The number of aromatic amines is 1. The Morgan fingerprint density at radius 3 is 3.17 bits per heavy atom. The second kappa shape index (κ2) is 7.00. The highest BCUT2D eigenvalue weighted by atomic mass is 35.5. The number of H-pyrrole nitrogens is 1. The molecule has 3 aliphatic rings. The molecule has 3 N–H and O–H groups in total. The Morgan fingerprint density at radius 2 is 2.38 bits per heavy atom. The van der Waals surface area contributed by atoms with Crippen molar-refractivity contribution in [2.24, 2.45) is 11.8 Å². The van der Waals surface area contributed by atoms with Crippen LogP contribution in [0.1, 0.15) is 34.6 Å². The standard InChI is InChI=1S/C21H25ClN4O3/c1-12-19(25-11-24-12)20(28)23-7-14-15-9-26(10-21(15)6-5-17(14)29-21)8-13-3-2-4-16(27)18(13)22/h2-4,11,14-15,17,27H,5-10H2,1H3,(H,23,28)(H,24,25)/t14-,15+,17+,21+/m0/s1. The van der Waals surface area contributed by atoms with Gasteiger partial charge in [-0.1, -0.05) is 23.7 Å². The number of nitrogens with one attached hydrogen (secondary N) is 2. The Kier molecular flexibility index (Phi) is 4.57. The molecule has 8 heteroatoms. The highest BCUT2D eigenvalue weighted by Gasteiger charge is 2.62. The van der Waals surface area contributed by atoms with Gasteiger partial charge >= 0.3 is 0 Å². The molecule has 4 heterocycles. The fourth-order valence-electron chi connectivity index (χ4n) is 5.49. The number of aromatic nitrogens is 2. The van der Waals surface area contributed by atoms with Gasteiger partial charge in [0.05, 0.1) is 23.1 Å². The van der Waals surface area contributed by atoms with Crippen molar-refractivity contribution < 1.29 is 14.6 Å². The van der Waals surface area contributed by atoms with E-state index in [2.05, 4.69) is 20.2 Å². The monoisotopic (exact) mass is 416 g/mol. The van der Waals surface area contributed by atoms with Crippen LogP contribution >= 0.6 is 11.6 Å². The van der Waals surface area contributed by atoms with Gasteiger partial charge in [0.25, 0.3) is 5.91 Å². The van der Waals surface area contributed by atoms with Crippen molar-refractivity contribution in [1.29, 1.82) is 0 Å². The number of halogens is 1. The minimum atomic E-state index is -0.137. The molecule has 3 aliphatic heterocycles. The molecule has 7 nitrogen and oxygen atoms in total. The molecule has 1 amide bonds. The van der Waals surface area contributed by atoms with E-state index >= 15 is 0 Å². The number of phenolic OH excluding ortho intramolecular Hbond substituents is 1.